The van der Waals surface area contributed by atoms with Crippen molar-refractivity contribution >= 4 is 10.0 Å². The fourth-order valence-corrected chi connectivity index (χ4v) is 2.53. The van der Waals surface area contributed by atoms with Crippen molar-refractivity contribution in [3.63, 3.8) is 0 Å². The summed E-state index contributed by atoms with van der Waals surface area (Å²) >= 11 is 0. The van der Waals surface area contributed by atoms with Gasteiger partial charge in [0.25, 0.3) is 10.0 Å². The zero-order valence-corrected chi connectivity index (χ0v) is 12.8. The van der Waals surface area contributed by atoms with Gasteiger partial charge in [-0.1, -0.05) is 6.92 Å². The number of aromatic amines is 1. The van der Waals surface area contributed by atoms with Gasteiger partial charge in [0.15, 0.2) is 5.03 Å². The molecule has 0 radical (unpaired) electrons. The van der Waals surface area contributed by atoms with Gasteiger partial charge >= 0.3 is 0 Å². The largest absolute Gasteiger partial charge is 0.382 e. The van der Waals surface area contributed by atoms with Crippen molar-refractivity contribution in [1.82, 2.24) is 14.7 Å². The Kier molecular flexibility index (Phi) is 7.75. The fraction of sp³-hybridized carbons (Fsp3) is 0.750. The second-order valence-corrected chi connectivity index (χ2v) is 5.99. The lowest BCUT2D eigenvalue weighted by atomic mass is 10.3. The van der Waals surface area contributed by atoms with Gasteiger partial charge in [-0.25, -0.2) is 18.1 Å². The number of aromatic nitrogens is 2. The average Bonchev–Trinajstić information content (AvgIpc) is 2.91. The van der Waals surface area contributed by atoms with Gasteiger partial charge in [-0.15, -0.1) is 0 Å². The molecular formula is C12H23N3O4S. The predicted molar refractivity (Wildman–Crippen MR) is 75.1 cm³/mol. The molecule has 0 bridgehead atoms. The highest BCUT2D eigenvalue weighted by molar-refractivity contribution is 7.89. The number of methoxy groups -OCH3 is 1. The number of sulfonamides is 1. The van der Waals surface area contributed by atoms with E-state index >= 15 is 0 Å². The molecule has 1 aromatic rings. The molecule has 0 atom stereocenters. The summed E-state index contributed by atoms with van der Waals surface area (Å²) in [5.74, 6) is 0.664. The van der Waals surface area contributed by atoms with Gasteiger partial charge in [0.05, 0.1) is 19.4 Å². The molecule has 1 heterocycles. The number of hydrogen-bond donors (Lipinski definition) is 2. The molecule has 0 spiro atoms. The van der Waals surface area contributed by atoms with Crippen LogP contribution in [0.5, 0.6) is 0 Å². The third kappa shape index (κ3) is 6.00. The minimum Gasteiger partial charge on any atom is -0.382 e. The topological polar surface area (TPSA) is 93.3 Å². The molecule has 0 fully saturated rings. The maximum Gasteiger partial charge on any atom is 0.257 e. The number of imidazole rings is 1. The lowest BCUT2D eigenvalue weighted by Gasteiger charge is -2.05. The number of aryl methyl sites for hydroxylation is 1. The first kappa shape index (κ1) is 17.1. The van der Waals surface area contributed by atoms with Crippen LogP contribution in [0.3, 0.4) is 0 Å². The first-order valence-electron chi connectivity index (χ1n) is 6.70. The third-order valence-corrected chi connectivity index (χ3v) is 4.04. The highest BCUT2D eigenvalue weighted by atomic mass is 32.2. The fourth-order valence-electron chi connectivity index (χ4n) is 1.52. The SMILES string of the molecule is CCc1ncc(S(=O)(=O)NCCCCOCCOC)[nH]1. The van der Waals surface area contributed by atoms with Gasteiger partial charge in [0.1, 0.15) is 5.82 Å². The molecule has 8 heteroatoms. The molecule has 116 valence electrons. The van der Waals surface area contributed by atoms with E-state index < -0.39 is 10.0 Å². The van der Waals surface area contributed by atoms with Crippen molar-refractivity contribution in [2.24, 2.45) is 0 Å². The number of unbranched alkanes of at least 4 members (excludes halogenated alkanes) is 1. The van der Waals surface area contributed by atoms with Crippen LogP contribution in [-0.4, -0.2) is 51.9 Å². The predicted octanol–water partition coefficient (Wildman–Crippen LogP) is 0.694. The van der Waals surface area contributed by atoms with Gasteiger partial charge < -0.3 is 14.5 Å². The van der Waals surface area contributed by atoms with Crippen molar-refractivity contribution in [2.75, 3.05) is 33.5 Å². The zero-order valence-electron chi connectivity index (χ0n) is 12.0. The van der Waals surface area contributed by atoms with Crippen molar-refractivity contribution in [3.05, 3.63) is 12.0 Å². The quantitative estimate of drug-likeness (QED) is 0.587. The van der Waals surface area contributed by atoms with Crippen LogP contribution >= 0.6 is 0 Å². The summed E-state index contributed by atoms with van der Waals surface area (Å²) in [6.45, 7) is 4.04. The van der Waals surface area contributed by atoms with E-state index in [4.69, 9.17) is 9.47 Å². The van der Waals surface area contributed by atoms with Gasteiger partial charge in [-0.2, -0.15) is 0 Å². The highest BCUT2D eigenvalue weighted by Gasteiger charge is 2.15. The van der Waals surface area contributed by atoms with Gasteiger partial charge in [-0.05, 0) is 12.8 Å². The van der Waals surface area contributed by atoms with Crippen LogP contribution in [0.25, 0.3) is 0 Å². The standard InChI is InChI=1S/C12H23N3O4S/c1-3-11-13-10-12(15-11)20(16,17)14-6-4-5-7-19-9-8-18-2/h10,14H,3-9H2,1-2H3,(H,13,15). The Hall–Kier alpha value is -0.960. The van der Waals surface area contributed by atoms with Crippen molar-refractivity contribution in [2.45, 2.75) is 31.2 Å². The van der Waals surface area contributed by atoms with Crippen LogP contribution in [0, 0.1) is 0 Å². The molecule has 0 aliphatic carbocycles. The Morgan fingerprint density at radius 2 is 2.10 bits per heavy atom. The minimum atomic E-state index is -3.48. The molecule has 0 unspecified atom stereocenters. The second-order valence-electron chi connectivity index (χ2n) is 4.26. The molecule has 0 aliphatic heterocycles. The first-order chi connectivity index (χ1) is 9.60. The molecule has 2 N–H and O–H groups in total. The Morgan fingerprint density at radius 3 is 2.75 bits per heavy atom. The molecule has 0 aliphatic rings. The van der Waals surface area contributed by atoms with Crippen LogP contribution in [-0.2, 0) is 25.9 Å². The van der Waals surface area contributed by atoms with E-state index in [1.54, 1.807) is 7.11 Å². The van der Waals surface area contributed by atoms with E-state index in [9.17, 15) is 8.42 Å². The van der Waals surface area contributed by atoms with Crippen molar-refractivity contribution in [3.8, 4) is 0 Å². The molecule has 20 heavy (non-hydrogen) atoms. The van der Waals surface area contributed by atoms with Gasteiger partial charge in [0, 0.05) is 26.7 Å². The maximum atomic E-state index is 11.9. The van der Waals surface area contributed by atoms with Gasteiger partial charge in [-0.3, -0.25) is 0 Å². The monoisotopic (exact) mass is 305 g/mol. The van der Waals surface area contributed by atoms with E-state index in [0.717, 1.165) is 12.8 Å². The lowest BCUT2D eigenvalue weighted by Crippen LogP contribution is -2.25. The van der Waals surface area contributed by atoms with E-state index in [-0.39, 0.29) is 5.03 Å². The molecule has 1 aromatic heterocycles. The van der Waals surface area contributed by atoms with E-state index in [0.29, 0.717) is 38.6 Å². The maximum absolute atomic E-state index is 11.9. The van der Waals surface area contributed by atoms with Crippen molar-refractivity contribution < 1.29 is 17.9 Å². The third-order valence-electron chi connectivity index (χ3n) is 2.67. The number of ether oxygens (including phenoxy) is 2. The summed E-state index contributed by atoms with van der Waals surface area (Å²) in [6, 6.07) is 0. The summed E-state index contributed by atoms with van der Waals surface area (Å²) in [5.41, 5.74) is 0. The van der Waals surface area contributed by atoms with E-state index in [1.807, 2.05) is 6.92 Å². The summed E-state index contributed by atoms with van der Waals surface area (Å²) in [6.07, 6.45) is 3.54. The van der Waals surface area contributed by atoms with Crippen LogP contribution < -0.4 is 4.72 Å². The normalized spacial score (nSPS) is 11.9. The highest BCUT2D eigenvalue weighted by Crippen LogP contribution is 2.05. The van der Waals surface area contributed by atoms with Crippen LogP contribution in [0.4, 0.5) is 0 Å². The zero-order chi connectivity index (χ0) is 14.8. The number of H-pyrrole nitrogens is 1. The lowest BCUT2D eigenvalue weighted by molar-refractivity contribution is 0.0689. The van der Waals surface area contributed by atoms with Crippen molar-refractivity contribution in [1.29, 1.82) is 0 Å². The van der Waals surface area contributed by atoms with E-state index in [2.05, 4.69) is 14.7 Å². The summed E-state index contributed by atoms with van der Waals surface area (Å²) in [7, 11) is -1.86. The molecule has 0 saturated heterocycles. The molecule has 7 nitrogen and oxygen atoms in total. The minimum absolute atomic E-state index is 0.116. The number of nitrogens with one attached hydrogen (secondary N) is 2. The molecule has 1 rings (SSSR count). The molecule has 0 saturated carbocycles. The second kappa shape index (κ2) is 9.06. The Morgan fingerprint density at radius 1 is 1.30 bits per heavy atom. The summed E-state index contributed by atoms with van der Waals surface area (Å²) in [4.78, 5) is 6.76. The summed E-state index contributed by atoms with van der Waals surface area (Å²) < 4.78 is 36.5. The molecule has 0 aromatic carbocycles. The van der Waals surface area contributed by atoms with Gasteiger partial charge in [0.2, 0.25) is 0 Å². The Balaban J connectivity index is 2.20. The van der Waals surface area contributed by atoms with Crippen LogP contribution in [0.15, 0.2) is 11.2 Å². The number of rotatable bonds is 11. The number of nitrogens with zero attached hydrogens (tertiary/aromatic N) is 1. The molecule has 0 amide bonds. The average molecular weight is 305 g/mol. The molecular weight excluding hydrogens is 282 g/mol. The smallest absolute Gasteiger partial charge is 0.257 e. The van der Waals surface area contributed by atoms with E-state index in [1.165, 1.54) is 6.20 Å². The first-order valence-corrected chi connectivity index (χ1v) is 8.18. The Labute approximate surface area is 120 Å². The summed E-state index contributed by atoms with van der Waals surface area (Å²) in [5, 5.41) is 0.116. The van der Waals surface area contributed by atoms with Crippen LogP contribution in [0.2, 0.25) is 0 Å². The number of hydrogen-bond acceptors (Lipinski definition) is 5. The Bertz CT molecular complexity index is 473. The van der Waals surface area contributed by atoms with Crippen LogP contribution in [0.1, 0.15) is 25.6 Å².